The van der Waals surface area contributed by atoms with Crippen LogP contribution in [0.4, 0.5) is 0 Å². The van der Waals surface area contributed by atoms with Gasteiger partial charge in [0.25, 0.3) is 5.56 Å². The molecule has 0 aromatic carbocycles. The molecular weight excluding hydrogens is 304 g/mol. The molecule has 7 heteroatoms. The summed E-state index contributed by atoms with van der Waals surface area (Å²) in [7, 11) is 1.56. The molecule has 1 N–H and O–H groups in total. The van der Waals surface area contributed by atoms with Crippen LogP contribution < -0.4 is 11.2 Å². The Kier molecular flexibility index (Phi) is 3.48. The van der Waals surface area contributed by atoms with Gasteiger partial charge >= 0.3 is 5.69 Å². The number of aryl methyl sites for hydroxylation is 1. The zero-order valence-electron chi connectivity index (χ0n) is 12.3. The van der Waals surface area contributed by atoms with Crippen molar-refractivity contribution in [2.75, 3.05) is 0 Å². The third kappa shape index (κ3) is 2.50. The zero-order valence-corrected chi connectivity index (χ0v) is 13.0. The fourth-order valence-corrected chi connectivity index (χ4v) is 2.84. The minimum Gasteiger partial charge on any atom is -0.303 e. The highest BCUT2D eigenvalue weighted by atomic mass is 35.5. The van der Waals surface area contributed by atoms with Crippen LogP contribution in [0.5, 0.6) is 0 Å². The van der Waals surface area contributed by atoms with E-state index in [0.29, 0.717) is 22.3 Å². The number of nitrogens with zero attached hydrogens (tertiary/aromatic N) is 3. The molecule has 0 amide bonds. The van der Waals surface area contributed by atoms with Crippen molar-refractivity contribution >= 4 is 11.6 Å². The third-order valence-corrected chi connectivity index (χ3v) is 4.28. The van der Waals surface area contributed by atoms with E-state index in [1.54, 1.807) is 13.1 Å². The first-order chi connectivity index (χ1) is 10.4. The van der Waals surface area contributed by atoms with Crippen LogP contribution in [0.2, 0.25) is 5.15 Å². The van der Waals surface area contributed by atoms with Gasteiger partial charge in [0, 0.05) is 13.2 Å². The number of H-pyrrole nitrogens is 1. The fraction of sp³-hybridized carbons (Fsp3) is 0.333. The second-order valence-electron chi connectivity index (χ2n) is 5.68. The molecule has 2 aromatic rings. The van der Waals surface area contributed by atoms with Crippen LogP contribution in [-0.4, -0.2) is 19.7 Å². The number of allylic oxidation sites excluding steroid dienone is 1. The van der Waals surface area contributed by atoms with Crippen molar-refractivity contribution < 1.29 is 0 Å². The van der Waals surface area contributed by atoms with Crippen molar-refractivity contribution in [1.82, 2.24) is 19.7 Å². The Hall–Kier alpha value is -2.21. The molecule has 6 nitrogen and oxygen atoms in total. The molecule has 0 bridgehead atoms. The summed E-state index contributed by atoms with van der Waals surface area (Å²) in [6.07, 6.45) is 2.43. The van der Waals surface area contributed by atoms with E-state index in [4.69, 9.17) is 11.6 Å². The smallest absolute Gasteiger partial charge is 0.303 e. The summed E-state index contributed by atoms with van der Waals surface area (Å²) in [6, 6.07) is 1.78. The summed E-state index contributed by atoms with van der Waals surface area (Å²) in [5, 5.41) is 8.28. The molecule has 0 radical (unpaired) electrons. The Morgan fingerprint density at radius 2 is 2.18 bits per heavy atom. The first-order valence-electron chi connectivity index (χ1n) is 6.87. The van der Waals surface area contributed by atoms with E-state index in [1.165, 1.54) is 10.8 Å². The molecule has 114 valence electrons. The molecular formula is C15H15ClN4O2. The van der Waals surface area contributed by atoms with Crippen molar-refractivity contribution in [2.24, 2.45) is 13.0 Å². The Morgan fingerprint density at radius 3 is 2.82 bits per heavy atom. The summed E-state index contributed by atoms with van der Waals surface area (Å²) < 4.78 is 1.29. The maximum atomic E-state index is 12.0. The molecule has 22 heavy (non-hydrogen) atoms. The van der Waals surface area contributed by atoms with Gasteiger partial charge in [0.05, 0.1) is 5.56 Å². The van der Waals surface area contributed by atoms with Gasteiger partial charge in [-0.25, -0.2) is 4.79 Å². The summed E-state index contributed by atoms with van der Waals surface area (Å²) >= 11 is 6.14. The second kappa shape index (κ2) is 5.21. The van der Waals surface area contributed by atoms with Gasteiger partial charge in [-0.15, -0.1) is 10.2 Å². The number of hydrogen-bond acceptors (Lipinski definition) is 4. The molecule has 1 aliphatic rings. The summed E-state index contributed by atoms with van der Waals surface area (Å²) in [6.45, 7) is 5.96. The lowest BCUT2D eigenvalue weighted by molar-refractivity contribution is 0.799. The van der Waals surface area contributed by atoms with Crippen LogP contribution in [0.3, 0.4) is 0 Å². The lowest BCUT2D eigenvalue weighted by Gasteiger charge is -2.06. The molecule has 1 fully saturated rings. The van der Waals surface area contributed by atoms with Crippen LogP contribution in [-0.2, 0) is 7.05 Å². The van der Waals surface area contributed by atoms with Crippen molar-refractivity contribution in [3.8, 4) is 11.3 Å². The van der Waals surface area contributed by atoms with Gasteiger partial charge in [0.15, 0.2) is 5.15 Å². The van der Waals surface area contributed by atoms with Crippen molar-refractivity contribution in [2.45, 2.75) is 19.3 Å². The Labute approximate surface area is 131 Å². The summed E-state index contributed by atoms with van der Waals surface area (Å²) in [5.74, 6) is 0.666. The molecule has 1 saturated carbocycles. The van der Waals surface area contributed by atoms with E-state index < -0.39 is 11.2 Å². The van der Waals surface area contributed by atoms with E-state index in [-0.39, 0.29) is 5.92 Å². The standard InChI is InChI=1S/C15H15ClN4O2/c1-7(2)8-4-9(8)10-5-12(18-19-13(10)16)11-6-20(3)15(22)17-14(11)21/h5-6,8-9H,1,4H2,2-3H3,(H,17,21,22)/t8-,9+/m1/s1. The topological polar surface area (TPSA) is 80.6 Å². The summed E-state index contributed by atoms with van der Waals surface area (Å²) in [4.78, 5) is 25.6. The largest absolute Gasteiger partial charge is 0.328 e. The molecule has 2 heterocycles. The van der Waals surface area contributed by atoms with Crippen LogP contribution in [0.1, 0.15) is 24.8 Å². The van der Waals surface area contributed by atoms with Crippen LogP contribution in [0.25, 0.3) is 11.3 Å². The van der Waals surface area contributed by atoms with Gasteiger partial charge in [-0.2, -0.15) is 0 Å². The molecule has 1 aliphatic carbocycles. The molecule has 0 spiro atoms. The normalized spacial score (nSPS) is 20.0. The minimum atomic E-state index is -0.488. The number of nitrogens with one attached hydrogen (secondary N) is 1. The Balaban J connectivity index is 2.07. The van der Waals surface area contributed by atoms with Crippen molar-refractivity contribution in [3.63, 3.8) is 0 Å². The fourth-order valence-electron chi connectivity index (χ4n) is 2.61. The Morgan fingerprint density at radius 1 is 1.45 bits per heavy atom. The lowest BCUT2D eigenvalue weighted by Crippen LogP contribution is -2.28. The number of rotatable bonds is 3. The molecule has 0 saturated heterocycles. The highest BCUT2D eigenvalue weighted by Gasteiger charge is 2.40. The minimum absolute atomic E-state index is 0.269. The van der Waals surface area contributed by atoms with Crippen LogP contribution in [0, 0.1) is 5.92 Å². The average Bonchev–Trinajstić information content (AvgIpc) is 3.24. The monoisotopic (exact) mass is 318 g/mol. The molecule has 3 rings (SSSR count). The number of halogens is 1. The van der Waals surface area contributed by atoms with Crippen molar-refractivity contribution in [1.29, 1.82) is 0 Å². The van der Waals surface area contributed by atoms with Gasteiger partial charge in [0.1, 0.15) is 5.69 Å². The number of hydrogen-bond donors (Lipinski definition) is 1. The van der Waals surface area contributed by atoms with Gasteiger partial charge < -0.3 is 4.57 Å². The first-order valence-corrected chi connectivity index (χ1v) is 7.25. The maximum Gasteiger partial charge on any atom is 0.328 e. The third-order valence-electron chi connectivity index (χ3n) is 3.98. The number of aromatic nitrogens is 4. The van der Waals surface area contributed by atoms with Gasteiger partial charge in [0.2, 0.25) is 0 Å². The molecule has 2 aromatic heterocycles. The van der Waals surface area contributed by atoms with Crippen LogP contribution >= 0.6 is 11.6 Å². The maximum absolute atomic E-state index is 12.0. The first kappa shape index (κ1) is 14.7. The van der Waals surface area contributed by atoms with E-state index in [2.05, 4.69) is 21.8 Å². The Bertz CT molecular complexity index is 884. The highest BCUT2D eigenvalue weighted by Crippen LogP contribution is 2.52. The predicted molar refractivity (Wildman–Crippen MR) is 84.0 cm³/mol. The quantitative estimate of drug-likeness (QED) is 0.876. The zero-order chi connectivity index (χ0) is 16.0. The van der Waals surface area contributed by atoms with Gasteiger partial charge in [-0.3, -0.25) is 9.78 Å². The predicted octanol–water partition coefficient (Wildman–Crippen LogP) is 1.86. The van der Waals surface area contributed by atoms with E-state index in [0.717, 1.165) is 17.6 Å². The van der Waals surface area contributed by atoms with Gasteiger partial charge in [-0.05, 0) is 36.8 Å². The second-order valence-corrected chi connectivity index (χ2v) is 6.04. The molecule has 0 aliphatic heterocycles. The van der Waals surface area contributed by atoms with E-state index in [1.807, 2.05) is 6.92 Å². The number of aromatic amines is 1. The highest BCUT2D eigenvalue weighted by molar-refractivity contribution is 6.30. The summed E-state index contributed by atoms with van der Waals surface area (Å²) in [5.41, 5.74) is 1.72. The van der Waals surface area contributed by atoms with Crippen LogP contribution in [0.15, 0.2) is 34.0 Å². The average molecular weight is 319 g/mol. The van der Waals surface area contributed by atoms with Gasteiger partial charge in [-0.1, -0.05) is 23.8 Å². The van der Waals surface area contributed by atoms with E-state index >= 15 is 0 Å². The lowest BCUT2D eigenvalue weighted by atomic mass is 10.1. The van der Waals surface area contributed by atoms with E-state index in [9.17, 15) is 9.59 Å². The molecule has 0 unspecified atom stereocenters. The molecule has 2 atom stereocenters. The van der Waals surface area contributed by atoms with Crippen molar-refractivity contribution in [3.05, 3.63) is 56.0 Å². The SMILES string of the molecule is C=C(C)[C@H]1C[C@@H]1c1cc(-c2cn(C)c(=O)[nH]c2=O)nnc1Cl.